The second kappa shape index (κ2) is 8.51. The molecule has 0 radical (unpaired) electrons. The number of aryl methyl sites for hydroxylation is 2. The van der Waals surface area contributed by atoms with E-state index in [-0.39, 0.29) is 10.6 Å². The smallest absolute Gasteiger partial charge is 0.363 e. The summed E-state index contributed by atoms with van der Waals surface area (Å²) in [5.74, 6) is 0. The lowest BCUT2D eigenvalue weighted by Gasteiger charge is -2.17. The van der Waals surface area contributed by atoms with E-state index in [2.05, 4.69) is 10.0 Å². The van der Waals surface area contributed by atoms with Gasteiger partial charge in [-0.05, 0) is 61.2 Å². The van der Waals surface area contributed by atoms with E-state index in [0.29, 0.717) is 28.8 Å². The summed E-state index contributed by atoms with van der Waals surface area (Å²) in [5.41, 5.74) is 3.16. The molecule has 7 heteroatoms. The summed E-state index contributed by atoms with van der Waals surface area (Å²) >= 11 is 0. The van der Waals surface area contributed by atoms with Gasteiger partial charge in [0.2, 0.25) is 0 Å². The Morgan fingerprint density at radius 1 is 0.875 bits per heavy atom. The fraction of sp³-hybridized carbons (Fsp3) is 0.160. The average molecular weight is 449 g/mol. The van der Waals surface area contributed by atoms with E-state index in [1.54, 1.807) is 31.2 Å². The lowest BCUT2D eigenvalue weighted by molar-refractivity contribution is 0.563. The van der Waals surface area contributed by atoms with Crippen LogP contribution in [0.5, 0.6) is 0 Å². The monoisotopic (exact) mass is 448 g/mol. The molecule has 0 atom stereocenters. The van der Waals surface area contributed by atoms with Gasteiger partial charge in [0, 0.05) is 11.9 Å². The molecular formula is C25H24N2O4S. The SMILES string of the molecule is Cc1cc(C)c(C)c(S(=O)(=O)Nc2c(NCc3ccccc3)c3ccccc3oc2=O)c1. The van der Waals surface area contributed by atoms with Crippen molar-refractivity contribution in [2.24, 2.45) is 0 Å². The van der Waals surface area contributed by atoms with E-state index in [0.717, 1.165) is 16.7 Å². The molecule has 0 unspecified atom stereocenters. The predicted octanol–water partition coefficient (Wildman–Crippen LogP) is 5.13. The van der Waals surface area contributed by atoms with Crippen molar-refractivity contribution in [1.29, 1.82) is 0 Å². The van der Waals surface area contributed by atoms with Crippen LogP contribution in [0, 0.1) is 20.8 Å². The molecule has 0 saturated carbocycles. The Bertz CT molecular complexity index is 1460. The second-order valence-electron chi connectivity index (χ2n) is 7.79. The van der Waals surface area contributed by atoms with Crippen LogP contribution in [0.1, 0.15) is 22.3 Å². The Morgan fingerprint density at radius 3 is 2.31 bits per heavy atom. The van der Waals surface area contributed by atoms with Crippen molar-refractivity contribution >= 4 is 32.4 Å². The minimum absolute atomic E-state index is 0.136. The number of hydrogen-bond donors (Lipinski definition) is 2. The first-order valence-corrected chi connectivity index (χ1v) is 11.7. The Morgan fingerprint density at radius 2 is 1.56 bits per heavy atom. The molecule has 0 spiro atoms. The molecule has 4 aromatic rings. The van der Waals surface area contributed by atoms with Crippen molar-refractivity contribution < 1.29 is 12.8 Å². The minimum Gasteiger partial charge on any atom is -0.421 e. The molecule has 0 saturated heterocycles. The number of fused-ring (bicyclic) bond motifs is 1. The second-order valence-corrected chi connectivity index (χ2v) is 9.44. The van der Waals surface area contributed by atoms with Crippen LogP contribution in [-0.4, -0.2) is 8.42 Å². The van der Waals surface area contributed by atoms with Gasteiger partial charge in [0.15, 0.2) is 5.69 Å². The van der Waals surface area contributed by atoms with Crippen molar-refractivity contribution in [3.05, 3.63) is 99.4 Å². The molecule has 32 heavy (non-hydrogen) atoms. The van der Waals surface area contributed by atoms with Crippen LogP contribution in [0.15, 0.2) is 80.8 Å². The third kappa shape index (κ3) is 4.24. The van der Waals surface area contributed by atoms with Gasteiger partial charge in [0.25, 0.3) is 10.0 Å². The molecule has 164 valence electrons. The Labute approximate surface area is 187 Å². The number of hydrogen-bond acceptors (Lipinski definition) is 5. The molecule has 0 fully saturated rings. The molecule has 0 aliphatic rings. The highest BCUT2D eigenvalue weighted by atomic mass is 32.2. The topological polar surface area (TPSA) is 88.4 Å². The highest BCUT2D eigenvalue weighted by Crippen LogP contribution is 2.31. The van der Waals surface area contributed by atoms with Crippen LogP contribution in [0.25, 0.3) is 11.0 Å². The quantitative estimate of drug-likeness (QED) is 0.399. The fourth-order valence-corrected chi connectivity index (χ4v) is 5.15. The molecule has 1 aromatic heterocycles. The molecule has 6 nitrogen and oxygen atoms in total. The molecule has 0 aliphatic carbocycles. The Balaban J connectivity index is 1.83. The van der Waals surface area contributed by atoms with Gasteiger partial charge in [0.1, 0.15) is 5.58 Å². The van der Waals surface area contributed by atoms with Crippen LogP contribution in [0.4, 0.5) is 11.4 Å². The summed E-state index contributed by atoms with van der Waals surface area (Å²) in [5, 5.41) is 3.85. The van der Waals surface area contributed by atoms with E-state index in [9.17, 15) is 13.2 Å². The zero-order valence-electron chi connectivity index (χ0n) is 18.1. The van der Waals surface area contributed by atoms with E-state index >= 15 is 0 Å². The third-order valence-electron chi connectivity index (χ3n) is 5.42. The molecule has 3 aromatic carbocycles. The predicted molar refractivity (Wildman–Crippen MR) is 128 cm³/mol. The fourth-order valence-electron chi connectivity index (χ4n) is 3.68. The van der Waals surface area contributed by atoms with Gasteiger partial charge in [-0.25, -0.2) is 13.2 Å². The van der Waals surface area contributed by atoms with Crippen LogP contribution in [-0.2, 0) is 16.6 Å². The van der Waals surface area contributed by atoms with Gasteiger partial charge in [-0.1, -0.05) is 48.5 Å². The first-order chi connectivity index (χ1) is 15.3. The molecular weight excluding hydrogens is 424 g/mol. The molecule has 0 amide bonds. The van der Waals surface area contributed by atoms with Crippen molar-refractivity contribution in [2.75, 3.05) is 10.0 Å². The molecule has 4 rings (SSSR count). The van der Waals surface area contributed by atoms with E-state index in [1.165, 1.54) is 0 Å². The van der Waals surface area contributed by atoms with E-state index < -0.39 is 15.6 Å². The van der Waals surface area contributed by atoms with Crippen molar-refractivity contribution in [1.82, 2.24) is 0 Å². The maximum absolute atomic E-state index is 13.3. The summed E-state index contributed by atoms with van der Waals surface area (Å²) in [6.45, 7) is 5.85. The number of anilines is 2. The molecule has 1 heterocycles. The van der Waals surface area contributed by atoms with Crippen molar-refractivity contribution in [2.45, 2.75) is 32.2 Å². The molecule has 0 aliphatic heterocycles. The maximum atomic E-state index is 13.3. The number of rotatable bonds is 6. The standard InChI is InChI=1S/C25H24N2O4S/c1-16-13-17(2)18(3)22(14-16)32(29,30)27-24-23(26-15-19-9-5-4-6-10-19)20-11-7-8-12-21(20)31-25(24)28/h4-14,26-27H,15H2,1-3H3. The number of sulfonamides is 1. The van der Waals surface area contributed by atoms with E-state index in [1.807, 2.05) is 56.3 Å². The lowest BCUT2D eigenvalue weighted by atomic mass is 10.1. The summed E-state index contributed by atoms with van der Waals surface area (Å²) in [6.07, 6.45) is 0. The normalized spacial score (nSPS) is 11.5. The van der Waals surface area contributed by atoms with Gasteiger partial charge >= 0.3 is 5.63 Å². The minimum atomic E-state index is -4.04. The first kappa shape index (κ1) is 21.6. The van der Waals surface area contributed by atoms with Crippen LogP contribution in [0.3, 0.4) is 0 Å². The highest BCUT2D eigenvalue weighted by Gasteiger charge is 2.24. The number of para-hydroxylation sites is 1. The van der Waals surface area contributed by atoms with Crippen LogP contribution in [0.2, 0.25) is 0 Å². The Hall–Kier alpha value is -3.58. The number of nitrogens with one attached hydrogen (secondary N) is 2. The molecule has 2 N–H and O–H groups in total. The summed E-state index contributed by atoms with van der Waals surface area (Å²) in [6, 6.07) is 20.2. The lowest BCUT2D eigenvalue weighted by Crippen LogP contribution is -2.21. The zero-order valence-corrected chi connectivity index (χ0v) is 18.9. The summed E-state index contributed by atoms with van der Waals surface area (Å²) < 4.78 is 34.6. The van der Waals surface area contributed by atoms with E-state index in [4.69, 9.17) is 4.42 Å². The third-order valence-corrected chi connectivity index (χ3v) is 6.89. The van der Waals surface area contributed by atoms with Gasteiger partial charge in [-0.3, -0.25) is 4.72 Å². The summed E-state index contributed by atoms with van der Waals surface area (Å²) in [7, 11) is -4.04. The van der Waals surface area contributed by atoms with Gasteiger partial charge in [0.05, 0.1) is 10.6 Å². The maximum Gasteiger partial charge on any atom is 0.363 e. The van der Waals surface area contributed by atoms with Gasteiger partial charge < -0.3 is 9.73 Å². The van der Waals surface area contributed by atoms with Crippen molar-refractivity contribution in [3.63, 3.8) is 0 Å². The summed E-state index contributed by atoms with van der Waals surface area (Å²) in [4.78, 5) is 13.0. The average Bonchev–Trinajstić information content (AvgIpc) is 2.76. The largest absolute Gasteiger partial charge is 0.421 e. The highest BCUT2D eigenvalue weighted by molar-refractivity contribution is 7.92. The number of benzene rings is 3. The Kier molecular flexibility index (Phi) is 5.76. The van der Waals surface area contributed by atoms with Crippen LogP contribution >= 0.6 is 0 Å². The van der Waals surface area contributed by atoms with Gasteiger partial charge in [-0.15, -0.1) is 0 Å². The van der Waals surface area contributed by atoms with Gasteiger partial charge in [-0.2, -0.15) is 0 Å². The van der Waals surface area contributed by atoms with Crippen molar-refractivity contribution in [3.8, 4) is 0 Å². The van der Waals surface area contributed by atoms with Crippen LogP contribution < -0.4 is 15.7 Å². The zero-order chi connectivity index (χ0) is 22.9. The first-order valence-electron chi connectivity index (χ1n) is 10.2. The molecule has 0 bridgehead atoms.